The Morgan fingerprint density at radius 3 is 2.78 bits per heavy atom. The van der Waals surface area contributed by atoms with Gasteiger partial charge < -0.3 is 9.15 Å². The average molecular weight is 334 g/mol. The van der Waals surface area contributed by atoms with Gasteiger partial charge in [-0.25, -0.2) is 9.18 Å². The smallest absolute Gasteiger partial charge is 0.374 e. The van der Waals surface area contributed by atoms with E-state index in [1.165, 1.54) is 24.3 Å². The SMILES string of the molecule is O=C(OCc1c(F)cccc1Cl)c1ccc(Br)o1. The van der Waals surface area contributed by atoms with Crippen molar-refractivity contribution >= 4 is 33.5 Å². The maximum absolute atomic E-state index is 13.4. The Morgan fingerprint density at radius 2 is 2.17 bits per heavy atom. The molecule has 94 valence electrons. The van der Waals surface area contributed by atoms with E-state index in [0.717, 1.165) is 0 Å². The van der Waals surface area contributed by atoms with Crippen LogP contribution in [0.3, 0.4) is 0 Å². The second kappa shape index (κ2) is 5.54. The molecule has 0 saturated heterocycles. The third kappa shape index (κ3) is 2.91. The fourth-order valence-electron chi connectivity index (χ4n) is 1.30. The monoisotopic (exact) mass is 332 g/mol. The van der Waals surface area contributed by atoms with Crippen LogP contribution < -0.4 is 0 Å². The lowest BCUT2D eigenvalue weighted by Gasteiger charge is -2.06. The Balaban J connectivity index is 2.06. The molecule has 1 aromatic heterocycles. The van der Waals surface area contributed by atoms with E-state index in [2.05, 4.69) is 15.9 Å². The van der Waals surface area contributed by atoms with Crippen LogP contribution in [0.1, 0.15) is 16.1 Å². The molecule has 0 saturated carbocycles. The molecule has 18 heavy (non-hydrogen) atoms. The maximum Gasteiger partial charge on any atom is 0.374 e. The predicted octanol–water partition coefficient (Wildman–Crippen LogP) is 4.19. The van der Waals surface area contributed by atoms with Crippen molar-refractivity contribution in [3.8, 4) is 0 Å². The molecule has 1 aromatic carbocycles. The molecular formula is C12H7BrClFO3. The Kier molecular flexibility index (Phi) is 4.04. The van der Waals surface area contributed by atoms with Crippen LogP contribution in [0.15, 0.2) is 39.4 Å². The van der Waals surface area contributed by atoms with Gasteiger partial charge in [-0.3, -0.25) is 0 Å². The molecule has 6 heteroatoms. The highest BCUT2D eigenvalue weighted by atomic mass is 79.9. The molecule has 0 aliphatic rings. The van der Waals surface area contributed by atoms with E-state index >= 15 is 0 Å². The number of halogens is 3. The van der Waals surface area contributed by atoms with Crippen LogP contribution in [0.4, 0.5) is 4.39 Å². The van der Waals surface area contributed by atoms with Gasteiger partial charge in [0.25, 0.3) is 0 Å². The minimum Gasteiger partial charge on any atom is -0.455 e. The zero-order valence-corrected chi connectivity index (χ0v) is 11.3. The van der Waals surface area contributed by atoms with Crippen molar-refractivity contribution in [2.24, 2.45) is 0 Å². The van der Waals surface area contributed by atoms with Crippen LogP contribution in [0.5, 0.6) is 0 Å². The number of ether oxygens (including phenoxy) is 1. The van der Waals surface area contributed by atoms with Crippen molar-refractivity contribution in [1.82, 2.24) is 0 Å². The fourth-order valence-corrected chi connectivity index (χ4v) is 1.83. The molecule has 0 atom stereocenters. The topological polar surface area (TPSA) is 39.4 Å². The van der Waals surface area contributed by atoms with E-state index < -0.39 is 11.8 Å². The lowest BCUT2D eigenvalue weighted by Crippen LogP contribution is -2.05. The van der Waals surface area contributed by atoms with Crippen molar-refractivity contribution in [3.63, 3.8) is 0 Å². The lowest BCUT2D eigenvalue weighted by molar-refractivity contribution is 0.0431. The highest BCUT2D eigenvalue weighted by molar-refractivity contribution is 9.10. The van der Waals surface area contributed by atoms with Crippen LogP contribution in [0.25, 0.3) is 0 Å². The summed E-state index contributed by atoms with van der Waals surface area (Å²) in [4.78, 5) is 11.6. The Hall–Kier alpha value is -1.33. The Bertz CT molecular complexity index is 562. The van der Waals surface area contributed by atoms with Gasteiger partial charge in [0.2, 0.25) is 5.76 Å². The zero-order valence-electron chi connectivity index (χ0n) is 8.95. The van der Waals surface area contributed by atoms with Crippen molar-refractivity contribution < 1.29 is 18.3 Å². The first-order valence-electron chi connectivity index (χ1n) is 4.93. The van der Waals surface area contributed by atoms with Crippen molar-refractivity contribution in [2.75, 3.05) is 0 Å². The van der Waals surface area contributed by atoms with Crippen LogP contribution in [-0.2, 0) is 11.3 Å². The molecule has 0 aliphatic heterocycles. The molecule has 0 aliphatic carbocycles. The van der Waals surface area contributed by atoms with Crippen molar-refractivity contribution in [2.45, 2.75) is 6.61 Å². The van der Waals surface area contributed by atoms with Gasteiger partial charge in [-0.2, -0.15) is 0 Å². The molecule has 2 rings (SSSR count). The normalized spacial score (nSPS) is 10.4. The van der Waals surface area contributed by atoms with E-state index in [0.29, 0.717) is 4.67 Å². The van der Waals surface area contributed by atoms with Gasteiger partial charge in [0.1, 0.15) is 12.4 Å². The molecule has 0 amide bonds. The van der Waals surface area contributed by atoms with Gasteiger partial charge in [0.05, 0.1) is 5.02 Å². The van der Waals surface area contributed by atoms with E-state index in [1.54, 1.807) is 6.07 Å². The summed E-state index contributed by atoms with van der Waals surface area (Å²) in [5, 5.41) is 0.212. The third-order valence-electron chi connectivity index (χ3n) is 2.18. The largest absolute Gasteiger partial charge is 0.455 e. The minimum atomic E-state index is -0.681. The van der Waals surface area contributed by atoms with Crippen molar-refractivity contribution in [3.05, 3.63) is 57.2 Å². The van der Waals surface area contributed by atoms with Crippen molar-refractivity contribution in [1.29, 1.82) is 0 Å². The first-order valence-corrected chi connectivity index (χ1v) is 6.10. The number of furan rings is 1. The highest BCUT2D eigenvalue weighted by Gasteiger charge is 2.14. The predicted molar refractivity (Wildman–Crippen MR) is 66.9 cm³/mol. The zero-order chi connectivity index (χ0) is 13.1. The maximum atomic E-state index is 13.4. The molecule has 0 bridgehead atoms. The van der Waals surface area contributed by atoms with Gasteiger partial charge in [-0.05, 0) is 40.2 Å². The van der Waals surface area contributed by atoms with Crippen LogP contribution in [0.2, 0.25) is 5.02 Å². The summed E-state index contributed by atoms with van der Waals surface area (Å²) in [5.41, 5.74) is 0.137. The standard InChI is InChI=1S/C12H7BrClFO3/c13-11-5-4-10(18-11)12(16)17-6-7-8(14)2-1-3-9(7)15/h1-5H,6H2. The molecule has 0 radical (unpaired) electrons. The first kappa shape index (κ1) is 13.1. The number of benzene rings is 1. The summed E-state index contributed by atoms with van der Waals surface area (Å²) in [6.45, 7) is -0.247. The quantitative estimate of drug-likeness (QED) is 0.791. The number of carbonyl (C=O) groups excluding carboxylic acids is 1. The summed E-state index contributed by atoms with van der Waals surface area (Å²) in [6.07, 6.45) is 0. The number of hydrogen-bond donors (Lipinski definition) is 0. The highest BCUT2D eigenvalue weighted by Crippen LogP contribution is 2.21. The van der Waals surface area contributed by atoms with Gasteiger partial charge in [0.15, 0.2) is 4.67 Å². The van der Waals surface area contributed by atoms with Gasteiger partial charge in [0, 0.05) is 5.56 Å². The average Bonchev–Trinajstić information content (AvgIpc) is 2.75. The first-order chi connectivity index (χ1) is 8.58. The Labute approximate surface area is 116 Å². The third-order valence-corrected chi connectivity index (χ3v) is 2.96. The number of carbonyl (C=O) groups is 1. The molecule has 1 heterocycles. The fraction of sp³-hybridized carbons (Fsp3) is 0.0833. The number of rotatable bonds is 3. The molecule has 0 spiro atoms. The van der Waals surface area contributed by atoms with E-state index in [9.17, 15) is 9.18 Å². The molecule has 0 unspecified atom stereocenters. The van der Waals surface area contributed by atoms with E-state index in [1.807, 2.05) is 0 Å². The van der Waals surface area contributed by atoms with Gasteiger partial charge in [-0.15, -0.1) is 0 Å². The summed E-state index contributed by atoms with van der Waals surface area (Å²) in [5.74, 6) is -1.16. The number of esters is 1. The molecule has 0 N–H and O–H groups in total. The molecule has 0 fully saturated rings. The van der Waals surface area contributed by atoms with Crippen LogP contribution in [-0.4, -0.2) is 5.97 Å². The summed E-state index contributed by atoms with van der Waals surface area (Å²) < 4.78 is 23.7. The summed E-state index contributed by atoms with van der Waals surface area (Å²) in [7, 11) is 0. The van der Waals surface area contributed by atoms with Crippen LogP contribution in [0, 0.1) is 5.82 Å². The number of hydrogen-bond acceptors (Lipinski definition) is 3. The summed E-state index contributed by atoms with van der Waals surface area (Å²) in [6, 6.07) is 7.27. The lowest BCUT2D eigenvalue weighted by atomic mass is 10.2. The van der Waals surface area contributed by atoms with Gasteiger partial charge >= 0.3 is 5.97 Å². The molecule has 2 aromatic rings. The second-order valence-electron chi connectivity index (χ2n) is 3.38. The van der Waals surface area contributed by atoms with Crippen LogP contribution >= 0.6 is 27.5 Å². The van der Waals surface area contributed by atoms with E-state index in [-0.39, 0.29) is 23.0 Å². The summed E-state index contributed by atoms with van der Waals surface area (Å²) >= 11 is 8.86. The molecular weight excluding hydrogens is 326 g/mol. The molecule has 3 nitrogen and oxygen atoms in total. The second-order valence-corrected chi connectivity index (χ2v) is 4.57. The Morgan fingerprint density at radius 1 is 1.39 bits per heavy atom. The van der Waals surface area contributed by atoms with E-state index in [4.69, 9.17) is 20.8 Å². The minimum absolute atomic E-state index is 0.0364. The van der Waals surface area contributed by atoms with Gasteiger partial charge in [-0.1, -0.05) is 17.7 Å².